The lowest BCUT2D eigenvalue weighted by molar-refractivity contribution is 0.0902. The van der Waals surface area contributed by atoms with Crippen LogP contribution in [0.25, 0.3) is 5.69 Å². The molecular weight excluding hydrogens is 356 g/mol. The van der Waals surface area contributed by atoms with Crippen molar-refractivity contribution < 1.29 is 4.79 Å². The molecule has 0 spiro atoms. The Hall–Kier alpha value is -1.66. The highest BCUT2D eigenvalue weighted by Gasteiger charge is 2.34. The van der Waals surface area contributed by atoms with Gasteiger partial charge in [0.15, 0.2) is 0 Å². The average molecular weight is 377 g/mol. The molecule has 1 aromatic heterocycles. The number of carbonyl (C=O) groups excluding carboxylic acids is 1. The number of rotatable bonds is 4. The lowest BCUT2D eigenvalue weighted by Gasteiger charge is -2.28. The van der Waals surface area contributed by atoms with Crippen molar-refractivity contribution in [1.29, 1.82) is 0 Å². The molecule has 1 heterocycles. The minimum absolute atomic E-state index is 0.0869. The quantitative estimate of drug-likeness (QED) is 0.861. The van der Waals surface area contributed by atoms with Crippen molar-refractivity contribution in [1.82, 2.24) is 15.1 Å². The van der Waals surface area contributed by atoms with Crippen LogP contribution in [0.4, 0.5) is 0 Å². The van der Waals surface area contributed by atoms with Gasteiger partial charge in [-0.3, -0.25) is 4.79 Å². The van der Waals surface area contributed by atoms with E-state index in [-0.39, 0.29) is 11.4 Å². The molecular formula is C17H21BrN4O. The zero-order valence-electron chi connectivity index (χ0n) is 13.2. The van der Waals surface area contributed by atoms with E-state index in [0.717, 1.165) is 41.5 Å². The number of benzene rings is 1. The van der Waals surface area contributed by atoms with E-state index in [2.05, 4.69) is 26.3 Å². The summed E-state index contributed by atoms with van der Waals surface area (Å²) in [6.07, 6.45) is 5.77. The minimum Gasteiger partial charge on any atom is -0.345 e. The van der Waals surface area contributed by atoms with Crippen LogP contribution in [0.1, 0.15) is 41.7 Å². The molecule has 6 heteroatoms. The van der Waals surface area contributed by atoms with Crippen LogP contribution in [-0.2, 0) is 0 Å². The van der Waals surface area contributed by atoms with E-state index < -0.39 is 0 Å². The fourth-order valence-electron chi connectivity index (χ4n) is 3.24. The van der Waals surface area contributed by atoms with E-state index in [4.69, 9.17) is 5.73 Å². The van der Waals surface area contributed by atoms with E-state index in [0.29, 0.717) is 12.1 Å². The molecule has 0 aliphatic heterocycles. The van der Waals surface area contributed by atoms with Gasteiger partial charge in [-0.05, 0) is 38.0 Å². The predicted molar refractivity (Wildman–Crippen MR) is 93.7 cm³/mol. The molecule has 5 nitrogen and oxygen atoms in total. The molecule has 1 saturated carbocycles. The third kappa shape index (κ3) is 3.19. The number of nitrogens with two attached hydrogens (primary N) is 1. The van der Waals surface area contributed by atoms with Crippen LogP contribution in [0, 0.1) is 6.92 Å². The predicted octanol–water partition coefficient (Wildman–Crippen LogP) is 2.94. The first kappa shape index (κ1) is 16.2. The molecule has 2 aromatic rings. The SMILES string of the molecule is Cc1c(C(=O)NC2(CN)CCCC2)cnn1-c1cccc(Br)c1. The van der Waals surface area contributed by atoms with Crippen LogP contribution in [0.15, 0.2) is 34.9 Å². The van der Waals surface area contributed by atoms with Gasteiger partial charge in [-0.2, -0.15) is 5.10 Å². The lowest BCUT2D eigenvalue weighted by Crippen LogP contribution is -2.51. The highest BCUT2D eigenvalue weighted by molar-refractivity contribution is 9.10. The van der Waals surface area contributed by atoms with Crippen LogP contribution in [0.3, 0.4) is 0 Å². The van der Waals surface area contributed by atoms with Crippen molar-refractivity contribution in [3.05, 3.63) is 46.2 Å². The zero-order valence-corrected chi connectivity index (χ0v) is 14.8. The van der Waals surface area contributed by atoms with Gasteiger partial charge in [0.05, 0.1) is 28.7 Å². The summed E-state index contributed by atoms with van der Waals surface area (Å²) in [5.74, 6) is -0.0869. The molecule has 0 radical (unpaired) electrons. The molecule has 1 aliphatic carbocycles. The molecule has 1 aliphatic rings. The maximum Gasteiger partial charge on any atom is 0.255 e. The second-order valence-electron chi connectivity index (χ2n) is 6.18. The van der Waals surface area contributed by atoms with E-state index in [9.17, 15) is 4.79 Å². The molecule has 3 N–H and O–H groups in total. The number of carbonyl (C=O) groups is 1. The van der Waals surface area contributed by atoms with Crippen LogP contribution in [0.5, 0.6) is 0 Å². The van der Waals surface area contributed by atoms with E-state index in [1.54, 1.807) is 10.9 Å². The topological polar surface area (TPSA) is 72.9 Å². The Kier molecular flexibility index (Phi) is 4.55. The smallest absolute Gasteiger partial charge is 0.255 e. The number of hydrogen-bond acceptors (Lipinski definition) is 3. The monoisotopic (exact) mass is 376 g/mol. The maximum atomic E-state index is 12.7. The summed E-state index contributed by atoms with van der Waals surface area (Å²) in [6.45, 7) is 2.39. The van der Waals surface area contributed by atoms with Crippen molar-refractivity contribution in [2.24, 2.45) is 5.73 Å². The van der Waals surface area contributed by atoms with Crippen molar-refractivity contribution in [3.63, 3.8) is 0 Å². The largest absolute Gasteiger partial charge is 0.345 e. The molecule has 122 valence electrons. The lowest BCUT2D eigenvalue weighted by atomic mass is 9.97. The molecule has 0 unspecified atom stereocenters. The highest BCUT2D eigenvalue weighted by Crippen LogP contribution is 2.29. The Morgan fingerprint density at radius 1 is 1.43 bits per heavy atom. The molecule has 23 heavy (non-hydrogen) atoms. The van der Waals surface area contributed by atoms with E-state index in [1.165, 1.54) is 0 Å². The first-order valence-electron chi connectivity index (χ1n) is 7.88. The van der Waals surface area contributed by atoms with Gasteiger partial charge >= 0.3 is 0 Å². The Balaban J connectivity index is 1.85. The number of nitrogens with one attached hydrogen (secondary N) is 1. The molecule has 1 amide bonds. The Morgan fingerprint density at radius 3 is 2.83 bits per heavy atom. The number of halogens is 1. The first-order valence-corrected chi connectivity index (χ1v) is 8.67. The first-order chi connectivity index (χ1) is 11.0. The second kappa shape index (κ2) is 6.45. The molecule has 0 bridgehead atoms. The Bertz CT molecular complexity index is 719. The van der Waals surface area contributed by atoms with Crippen LogP contribution in [0.2, 0.25) is 0 Å². The third-order valence-corrected chi connectivity index (χ3v) is 5.13. The van der Waals surface area contributed by atoms with Gasteiger partial charge in [-0.1, -0.05) is 34.8 Å². The Morgan fingerprint density at radius 2 is 2.17 bits per heavy atom. The molecule has 0 atom stereocenters. The van der Waals surface area contributed by atoms with Gasteiger partial charge in [-0.15, -0.1) is 0 Å². The second-order valence-corrected chi connectivity index (χ2v) is 7.10. The minimum atomic E-state index is -0.249. The van der Waals surface area contributed by atoms with Crippen molar-refractivity contribution in [2.75, 3.05) is 6.54 Å². The zero-order chi connectivity index (χ0) is 16.4. The summed E-state index contributed by atoms with van der Waals surface area (Å²) in [7, 11) is 0. The van der Waals surface area contributed by atoms with Crippen LogP contribution < -0.4 is 11.1 Å². The highest BCUT2D eigenvalue weighted by atomic mass is 79.9. The number of nitrogens with zero attached hydrogens (tertiary/aromatic N) is 2. The van der Waals surface area contributed by atoms with Gasteiger partial charge < -0.3 is 11.1 Å². The fraction of sp³-hybridized carbons (Fsp3) is 0.412. The van der Waals surface area contributed by atoms with Gasteiger partial charge in [-0.25, -0.2) is 4.68 Å². The summed E-state index contributed by atoms with van der Waals surface area (Å²) in [6, 6.07) is 7.84. The van der Waals surface area contributed by atoms with Gasteiger partial charge in [0, 0.05) is 11.0 Å². The van der Waals surface area contributed by atoms with E-state index in [1.807, 2.05) is 31.2 Å². The summed E-state index contributed by atoms with van der Waals surface area (Å²) >= 11 is 3.46. The van der Waals surface area contributed by atoms with Gasteiger partial charge in [0.25, 0.3) is 5.91 Å². The number of aromatic nitrogens is 2. The Labute approximate surface area is 144 Å². The summed E-state index contributed by atoms with van der Waals surface area (Å²) in [5, 5.41) is 7.52. The fourth-order valence-corrected chi connectivity index (χ4v) is 3.63. The standard InChI is InChI=1S/C17H21BrN4O/c1-12-15(16(23)21-17(11-19)7-2-3-8-17)10-20-22(12)14-6-4-5-13(18)9-14/h4-6,9-10H,2-3,7-8,11,19H2,1H3,(H,21,23). The summed E-state index contributed by atoms with van der Waals surface area (Å²) < 4.78 is 2.76. The maximum absolute atomic E-state index is 12.7. The van der Waals surface area contributed by atoms with E-state index >= 15 is 0 Å². The molecule has 1 aromatic carbocycles. The third-order valence-electron chi connectivity index (χ3n) is 4.64. The number of amides is 1. The van der Waals surface area contributed by atoms with Crippen molar-refractivity contribution in [2.45, 2.75) is 38.1 Å². The van der Waals surface area contributed by atoms with Crippen molar-refractivity contribution >= 4 is 21.8 Å². The van der Waals surface area contributed by atoms with Gasteiger partial charge in [0.2, 0.25) is 0 Å². The van der Waals surface area contributed by atoms with Crippen LogP contribution in [-0.4, -0.2) is 27.8 Å². The van der Waals surface area contributed by atoms with Crippen LogP contribution >= 0.6 is 15.9 Å². The molecule has 3 rings (SSSR count). The van der Waals surface area contributed by atoms with Gasteiger partial charge in [0.1, 0.15) is 0 Å². The summed E-state index contributed by atoms with van der Waals surface area (Å²) in [4.78, 5) is 12.7. The normalized spacial score (nSPS) is 16.5. The molecule has 0 saturated heterocycles. The molecule has 1 fully saturated rings. The average Bonchev–Trinajstić information content (AvgIpc) is 3.14. The van der Waals surface area contributed by atoms with Crippen molar-refractivity contribution in [3.8, 4) is 5.69 Å². The summed E-state index contributed by atoms with van der Waals surface area (Å²) in [5.41, 5.74) is 8.00. The number of hydrogen-bond donors (Lipinski definition) is 2.